The van der Waals surface area contributed by atoms with E-state index in [0.717, 1.165) is 34.6 Å². The molecule has 2 N–H and O–H groups in total. The molecule has 0 radical (unpaired) electrons. The Bertz CT molecular complexity index is 804. The van der Waals surface area contributed by atoms with Crippen molar-refractivity contribution in [3.8, 4) is 23.0 Å². The van der Waals surface area contributed by atoms with Crippen molar-refractivity contribution in [1.29, 1.82) is 0 Å². The van der Waals surface area contributed by atoms with E-state index in [0.29, 0.717) is 13.0 Å². The number of phenolic OH excluding ortho intramolecular Hbond substituents is 2. The molecule has 0 aromatic heterocycles. The monoisotopic (exact) mass is 340 g/mol. The number of fused-ring (bicyclic) bond motifs is 1. The Morgan fingerprint density at radius 1 is 1.24 bits per heavy atom. The van der Waals surface area contributed by atoms with E-state index < -0.39 is 0 Å². The normalized spacial score (nSPS) is 15.9. The van der Waals surface area contributed by atoms with Gasteiger partial charge in [-0.25, -0.2) is 0 Å². The van der Waals surface area contributed by atoms with Crippen LogP contribution in [-0.4, -0.2) is 23.9 Å². The standard InChI is InChI=1S/C21H24O4/c1-13(2)4-7-18-19(23)9-8-17(21(18)24-3)15-10-14-5-6-16(22)11-20(14)25-12-15/h4-6,8-9,11,15,22-23H,7,10,12H2,1-3H3/t15-/m0/s1. The molecule has 0 fully saturated rings. The van der Waals surface area contributed by atoms with Crippen LogP contribution in [0.5, 0.6) is 23.0 Å². The minimum atomic E-state index is 0.137. The van der Waals surface area contributed by atoms with Crippen LogP contribution < -0.4 is 9.47 Å². The van der Waals surface area contributed by atoms with Crippen molar-refractivity contribution in [3.63, 3.8) is 0 Å². The first-order valence-corrected chi connectivity index (χ1v) is 8.46. The predicted octanol–water partition coefficient (Wildman–Crippen LogP) is 4.33. The van der Waals surface area contributed by atoms with Crippen molar-refractivity contribution in [2.75, 3.05) is 13.7 Å². The Labute approximate surface area is 148 Å². The van der Waals surface area contributed by atoms with Crippen LogP contribution in [-0.2, 0) is 12.8 Å². The van der Waals surface area contributed by atoms with Crippen molar-refractivity contribution in [2.45, 2.75) is 32.6 Å². The fourth-order valence-electron chi connectivity index (χ4n) is 3.26. The van der Waals surface area contributed by atoms with E-state index in [9.17, 15) is 10.2 Å². The van der Waals surface area contributed by atoms with Gasteiger partial charge < -0.3 is 19.7 Å². The molecule has 4 heteroatoms. The largest absolute Gasteiger partial charge is 0.508 e. The number of aromatic hydroxyl groups is 2. The van der Waals surface area contributed by atoms with Crippen LogP contribution in [0.2, 0.25) is 0 Å². The second-order valence-corrected chi connectivity index (χ2v) is 6.68. The van der Waals surface area contributed by atoms with Gasteiger partial charge in [0.25, 0.3) is 0 Å². The van der Waals surface area contributed by atoms with Crippen LogP contribution in [0.4, 0.5) is 0 Å². The maximum atomic E-state index is 10.3. The summed E-state index contributed by atoms with van der Waals surface area (Å²) in [6.45, 7) is 4.59. The molecule has 2 aromatic carbocycles. The highest BCUT2D eigenvalue weighted by Gasteiger charge is 2.26. The number of rotatable bonds is 4. The Balaban J connectivity index is 1.96. The van der Waals surface area contributed by atoms with Gasteiger partial charge in [0.15, 0.2) is 0 Å². The van der Waals surface area contributed by atoms with Gasteiger partial charge in [-0.1, -0.05) is 23.8 Å². The predicted molar refractivity (Wildman–Crippen MR) is 97.8 cm³/mol. The number of methoxy groups -OCH3 is 1. The van der Waals surface area contributed by atoms with E-state index in [4.69, 9.17) is 9.47 Å². The van der Waals surface area contributed by atoms with Crippen molar-refractivity contribution < 1.29 is 19.7 Å². The average molecular weight is 340 g/mol. The molecule has 25 heavy (non-hydrogen) atoms. The summed E-state index contributed by atoms with van der Waals surface area (Å²) in [5.41, 5.74) is 4.10. The number of hydrogen-bond acceptors (Lipinski definition) is 4. The topological polar surface area (TPSA) is 58.9 Å². The molecule has 1 aliphatic heterocycles. The highest BCUT2D eigenvalue weighted by atomic mass is 16.5. The molecule has 0 amide bonds. The number of ether oxygens (including phenoxy) is 2. The molecule has 0 aliphatic carbocycles. The van der Waals surface area contributed by atoms with E-state index >= 15 is 0 Å². The second-order valence-electron chi connectivity index (χ2n) is 6.68. The maximum Gasteiger partial charge on any atom is 0.129 e. The molecule has 0 unspecified atom stereocenters. The lowest BCUT2D eigenvalue weighted by Gasteiger charge is -2.27. The van der Waals surface area contributed by atoms with E-state index in [1.54, 1.807) is 25.3 Å². The highest BCUT2D eigenvalue weighted by Crippen LogP contribution is 2.41. The summed E-state index contributed by atoms with van der Waals surface area (Å²) in [4.78, 5) is 0. The molecular weight excluding hydrogens is 316 g/mol. The van der Waals surface area contributed by atoms with Gasteiger partial charge in [0.2, 0.25) is 0 Å². The first-order valence-electron chi connectivity index (χ1n) is 8.46. The summed E-state index contributed by atoms with van der Waals surface area (Å²) in [7, 11) is 1.64. The fraction of sp³-hybridized carbons (Fsp3) is 0.333. The zero-order valence-corrected chi connectivity index (χ0v) is 14.9. The molecule has 1 aliphatic rings. The minimum absolute atomic E-state index is 0.137. The van der Waals surface area contributed by atoms with Gasteiger partial charge in [-0.3, -0.25) is 0 Å². The average Bonchev–Trinajstić information content (AvgIpc) is 2.59. The lowest BCUT2D eigenvalue weighted by atomic mass is 9.88. The molecule has 0 bridgehead atoms. The van der Waals surface area contributed by atoms with E-state index in [-0.39, 0.29) is 17.4 Å². The number of benzene rings is 2. The third kappa shape index (κ3) is 3.58. The summed E-state index contributed by atoms with van der Waals surface area (Å²) in [5.74, 6) is 2.06. The fourth-order valence-corrected chi connectivity index (χ4v) is 3.26. The van der Waals surface area contributed by atoms with E-state index in [1.807, 2.05) is 26.0 Å². The van der Waals surface area contributed by atoms with E-state index in [1.165, 1.54) is 5.57 Å². The van der Waals surface area contributed by atoms with Crippen LogP contribution in [0.15, 0.2) is 42.0 Å². The first kappa shape index (κ1) is 17.2. The van der Waals surface area contributed by atoms with Crippen LogP contribution in [0.1, 0.15) is 36.5 Å². The number of allylic oxidation sites excluding steroid dienone is 2. The quantitative estimate of drug-likeness (QED) is 0.813. The van der Waals surface area contributed by atoms with Crippen LogP contribution >= 0.6 is 0 Å². The van der Waals surface area contributed by atoms with Gasteiger partial charge in [0, 0.05) is 23.1 Å². The summed E-state index contributed by atoms with van der Waals surface area (Å²) >= 11 is 0. The minimum Gasteiger partial charge on any atom is -0.508 e. The molecule has 0 saturated carbocycles. The van der Waals surface area contributed by atoms with Gasteiger partial charge in [-0.05, 0) is 44.4 Å². The lowest BCUT2D eigenvalue weighted by Crippen LogP contribution is -2.20. The molecule has 2 aromatic rings. The molecule has 3 rings (SSSR count). The van der Waals surface area contributed by atoms with Crippen LogP contribution in [0.25, 0.3) is 0 Å². The Kier molecular flexibility index (Phi) is 4.88. The Hall–Kier alpha value is -2.62. The SMILES string of the molecule is COc1c([C@@H]2COc3cc(O)ccc3C2)ccc(O)c1CC=C(C)C. The molecule has 0 saturated heterocycles. The third-order valence-corrected chi connectivity index (χ3v) is 4.58. The van der Waals surface area contributed by atoms with Crippen LogP contribution in [0, 0.1) is 0 Å². The van der Waals surface area contributed by atoms with Gasteiger partial charge in [-0.15, -0.1) is 0 Å². The molecule has 1 heterocycles. The third-order valence-electron chi connectivity index (χ3n) is 4.58. The summed E-state index contributed by atoms with van der Waals surface area (Å²) < 4.78 is 11.5. The van der Waals surface area contributed by atoms with Gasteiger partial charge in [0.05, 0.1) is 13.7 Å². The van der Waals surface area contributed by atoms with Crippen molar-refractivity contribution >= 4 is 0 Å². The molecule has 132 valence electrons. The van der Waals surface area contributed by atoms with Gasteiger partial charge in [0.1, 0.15) is 23.0 Å². The summed E-state index contributed by atoms with van der Waals surface area (Å²) in [5, 5.41) is 19.9. The van der Waals surface area contributed by atoms with Crippen molar-refractivity contribution in [2.24, 2.45) is 0 Å². The Morgan fingerprint density at radius 2 is 2.04 bits per heavy atom. The maximum absolute atomic E-state index is 10.3. The zero-order valence-electron chi connectivity index (χ0n) is 14.9. The second kappa shape index (κ2) is 7.09. The van der Waals surface area contributed by atoms with Crippen molar-refractivity contribution in [1.82, 2.24) is 0 Å². The van der Waals surface area contributed by atoms with E-state index in [2.05, 4.69) is 6.08 Å². The molecule has 1 atom stereocenters. The zero-order chi connectivity index (χ0) is 18.0. The summed E-state index contributed by atoms with van der Waals surface area (Å²) in [6, 6.07) is 8.88. The van der Waals surface area contributed by atoms with Crippen LogP contribution in [0.3, 0.4) is 0 Å². The highest BCUT2D eigenvalue weighted by molar-refractivity contribution is 5.53. The van der Waals surface area contributed by atoms with Gasteiger partial charge in [-0.2, -0.15) is 0 Å². The van der Waals surface area contributed by atoms with Gasteiger partial charge >= 0.3 is 0 Å². The molecular formula is C21H24O4. The number of phenols is 2. The smallest absolute Gasteiger partial charge is 0.129 e. The lowest BCUT2D eigenvalue weighted by molar-refractivity contribution is 0.257. The number of hydrogen-bond donors (Lipinski definition) is 2. The first-order chi connectivity index (χ1) is 12.0. The molecule has 4 nitrogen and oxygen atoms in total. The summed E-state index contributed by atoms with van der Waals surface area (Å²) in [6.07, 6.45) is 3.51. The van der Waals surface area contributed by atoms with Crippen molar-refractivity contribution in [3.05, 3.63) is 58.7 Å². The molecule has 0 spiro atoms. The Morgan fingerprint density at radius 3 is 2.76 bits per heavy atom.